The number of para-hydroxylation sites is 1. The lowest BCUT2D eigenvalue weighted by molar-refractivity contribution is 0.584. The summed E-state index contributed by atoms with van der Waals surface area (Å²) in [5, 5.41) is 0.984. The smallest absolute Gasteiger partial charge is 0.150 e. The van der Waals surface area contributed by atoms with Gasteiger partial charge in [-0.2, -0.15) is 0 Å². The van der Waals surface area contributed by atoms with Crippen LogP contribution in [0, 0.1) is 5.82 Å². The Hall–Kier alpha value is -0.960. The Morgan fingerprint density at radius 1 is 1.29 bits per heavy atom. The third-order valence-electron chi connectivity index (χ3n) is 2.01. The largest absolute Gasteiger partial charge is 0.238 e. The van der Waals surface area contributed by atoms with Crippen molar-refractivity contribution in [2.45, 2.75) is 26.2 Å². The van der Waals surface area contributed by atoms with Gasteiger partial charge in [-0.3, -0.25) is 0 Å². The topological polar surface area (TPSA) is 12.9 Å². The minimum absolute atomic E-state index is 0.00384. The summed E-state index contributed by atoms with van der Waals surface area (Å²) in [4.78, 5) is 4.33. The Morgan fingerprint density at radius 2 is 2.00 bits per heavy atom. The van der Waals surface area contributed by atoms with Gasteiger partial charge in [-0.1, -0.05) is 26.8 Å². The molecular weight excluding hydrogens is 197 g/mol. The Kier molecular flexibility index (Phi) is 2.07. The van der Waals surface area contributed by atoms with Crippen LogP contribution in [0.3, 0.4) is 0 Å². The first-order chi connectivity index (χ1) is 6.48. The maximum atomic E-state index is 13.3. The van der Waals surface area contributed by atoms with Gasteiger partial charge in [-0.15, -0.1) is 11.3 Å². The molecule has 0 saturated carbocycles. The summed E-state index contributed by atoms with van der Waals surface area (Å²) in [7, 11) is 0. The van der Waals surface area contributed by atoms with Crippen molar-refractivity contribution in [1.29, 1.82) is 0 Å². The molecule has 3 heteroatoms. The van der Waals surface area contributed by atoms with Crippen LogP contribution < -0.4 is 0 Å². The number of hydrogen-bond donors (Lipinski definition) is 0. The summed E-state index contributed by atoms with van der Waals surface area (Å²) in [6, 6.07) is 5.09. The molecule has 1 heterocycles. The molecule has 0 N–H and O–H groups in total. The van der Waals surface area contributed by atoms with E-state index in [2.05, 4.69) is 25.8 Å². The van der Waals surface area contributed by atoms with Crippen LogP contribution in [0.25, 0.3) is 10.2 Å². The molecule has 2 rings (SSSR count). The Morgan fingerprint density at radius 3 is 2.57 bits per heavy atom. The van der Waals surface area contributed by atoms with E-state index in [1.807, 2.05) is 6.07 Å². The predicted octanol–water partition coefficient (Wildman–Crippen LogP) is 3.73. The van der Waals surface area contributed by atoms with Crippen molar-refractivity contribution in [3.63, 3.8) is 0 Å². The van der Waals surface area contributed by atoms with E-state index in [4.69, 9.17) is 0 Å². The van der Waals surface area contributed by atoms with E-state index in [0.717, 1.165) is 9.71 Å². The maximum absolute atomic E-state index is 13.3. The summed E-state index contributed by atoms with van der Waals surface area (Å²) in [6.45, 7) is 6.26. The molecule has 0 saturated heterocycles. The van der Waals surface area contributed by atoms with Gasteiger partial charge in [0, 0.05) is 5.41 Å². The molecular formula is C11H12FNS. The van der Waals surface area contributed by atoms with Crippen LogP contribution in [-0.2, 0) is 5.41 Å². The van der Waals surface area contributed by atoms with Crippen LogP contribution in [0.4, 0.5) is 4.39 Å². The zero-order chi connectivity index (χ0) is 10.3. The van der Waals surface area contributed by atoms with Crippen molar-refractivity contribution < 1.29 is 4.39 Å². The summed E-state index contributed by atoms with van der Waals surface area (Å²) in [6.07, 6.45) is 0. The van der Waals surface area contributed by atoms with Crippen LogP contribution in [0.5, 0.6) is 0 Å². The minimum Gasteiger partial charge on any atom is -0.238 e. The molecule has 1 nitrogen and oxygen atoms in total. The van der Waals surface area contributed by atoms with Crippen LogP contribution in [0.15, 0.2) is 18.2 Å². The number of rotatable bonds is 0. The summed E-state index contributed by atoms with van der Waals surface area (Å²) in [5.41, 5.74) is 0.498. The number of thiazole rings is 1. The molecule has 0 radical (unpaired) electrons. The highest BCUT2D eigenvalue weighted by Gasteiger charge is 2.19. The number of benzene rings is 1. The van der Waals surface area contributed by atoms with E-state index < -0.39 is 0 Å². The van der Waals surface area contributed by atoms with E-state index in [-0.39, 0.29) is 11.2 Å². The van der Waals surface area contributed by atoms with Crippen LogP contribution in [0.1, 0.15) is 25.8 Å². The highest BCUT2D eigenvalue weighted by atomic mass is 32.1. The van der Waals surface area contributed by atoms with Gasteiger partial charge in [0.1, 0.15) is 11.3 Å². The number of fused-ring (bicyclic) bond motifs is 1. The number of aromatic nitrogens is 1. The highest BCUT2D eigenvalue weighted by Crippen LogP contribution is 2.31. The first-order valence-electron chi connectivity index (χ1n) is 4.54. The Balaban J connectivity index is 2.69. The molecule has 0 atom stereocenters. The molecule has 2 aromatic rings. The molecule has 14 heavy (non-hydrogen) atoms. The van der Waals surface area contributed by atoms with Gasteiger partial charge >= 0.3 is 0 Å². The third-order valence-corrected chi connectivity index (χ3v) is 3.46. The van der Waals surface area contributed by atoms with Gasteiger partial charge in [0.15, 0.2) is 0 Å². The minimum atomic E-state index is -0.228. The first kappa shape index (κ1) is 9.59. The number of halogens is 1. The quantitative estimate of drug-likeness (QED) is 0.644. The first-order valence-corrected chi connectivity index (χ1v) is 5.35. The van der Waals surface area contributed by atoms with Crippen molar-refractivity contribution in [3.8, 4) is 0 Å². The van der Waals surface area contributed by atoms with Gasteiger partial charge in [0.25, 0.3) is 0 Å². The highest BCUT2D eigenvalue weighted by molar-refractivity contribution is 7.18. The third kappa shape index (κ3) is 1.52. The molecule has 0 unspecified atom stereocenters. The van der Waals surface area contributed by atoms with Gasteiger partial charge in [0.05, 0.1) is 9.71 Å². The second-order valence-electron chi connectivity index (χ2n) is 4.36. The lowest BCUT2D eigenvalue weighted by Gasteiger charge is -2.13. The summed E-state index contributed by atoms with van der Waals surface area (Å²) in [5.74, 6) is -0.228. The molecule has 0 aliphatic heterocycles. The monoisotopic (exact) mass is 209 g/mol. The second kappa shape index (κ2) is 3.02. The van der Waals surface area contributed by atoms with Gasteiger partial charge in [-0.05, 0) is 12.1 Å². The summed E-state index contributed by atoms with van der Waals surface area (Å²) >= 11 is 1.57. The standard InChI is InChI=1S/C11H12FNS/c1-11(2,3)10-13-9-7(12)5-4-6-8(9)14-10/h4-6H,1-3H3. The van der Waals surface area contributed by atoms with Crippen LogP contribution in [-0.4, -0.2) is 4.98 Å². The molecule has 1 aromatic carbocycles. The molecule has 0 amide bonds. The van der Waals surface area contributed by atoms with E-state index in [1.165, 1.54) is 6.07 Å². The van der Waals surface area contributed by atoms with Gasteiger partial charge in [0.2, 0.25) is 0 Å². The van der Waals surface area contributed by atoms with Crippen molar-refractivity contribution >= 4 is 21.6 Å². The molecule has 0 fully saturated rings. The SMILES string of the molecule is CC(C)(C)c1nc2c(F)cccc2s1. The zero-order valence-electron chi connectivity index (χ0n) is 8.47. The number of nitrogens with zero attached hydrogens (tertiary/aromatic N) is 1. The lowest BCUT2D eigenvalue weighted by atomic mass is 9.98. The molecule has 0 aliphatic carbocycles. The molecule has 0 spiro atoms. The van der Waals surface area contributed by atoms with Crippen LogP contribution >= 0.6 is 11.3 Å². The average molecular weight is 209 g/mol. The fraction of sp³-hybridized carbons (Fsp3) is 0.364. The summed E-state index contributed by atoms with van der Waals surface area (Å²) < 4.78 is 14.3. The molecule has 0 aliphatic rings. The molecule has 0 bridgehead atoms. The Labute approximate surface area is 86.6 Å². The second-order valence-corrected chi connectivity index (χ2v) is 5.39. The van der Waals surface area contributed by atoms with E-state index >= 15 is 0 Å². The normalized spacial score (nSPS) is 12.3. The lowest BCUT2D eigenvalue weighted by Crippen LogP contribution is -2.09. The van der Waals surface area contributed by atoms with Crippen molar-refractivity contribution in [2.75, 3.05) is 0 Å². The van der Waals surface area contributed by atoms with Crippen molar-refractivity contribution in [2.24, 2.45) is 0 Å². The molecule has 1 aromatic heterocycles. The van der Waals surface area contributed by atoms with E-state index in [9.17, 15) is 4.39 Å². The maximum Gasteiger partial charge on any atom is 0.150 e. The van der Waals surface area contributed by atoms with E-state index in [0.29, 0.717) is 5.52 Å². The van der Waals surface area contributed by atoms with Crippen molar-refractivity contribution in [1.82, 2.24) is 4.98 Å². The van der Waals surface area contributed by atoms with Gasteiger partial charge < -0.3 is 0 Å². The fourth-order valence-corrected chi connectivity index (χ4v) is 2.27. The predicted molar refractivity (Wildman–Crippen MR) is 58.3 cm³/mol. The Bertz CT molecular complexity index is 468. The van der Waals surface area contributed by atoms with Crippen molar-refractivity contribution in [3.05, 3.63) is 29.0 Å². The van der Waals surface area contributed by atoms with E-state index in [1.54, 1.807) is 17.4 Å². The average Bonchev–Trinajstić information content (AvgIpc) is 2.48. The number of hydrogen-bond acceptors (Lipinski definition) is 2. The fourth-order valence-electron chi connectivity index (χ4n) is 1.24. The van der Waals surface area contributed by atoms with Gasteiger partial charge in [-0.25, -0.2) is 9.37 Å². The van der Waals surface area contributed by atoms with Crippen LogP contribution in [0.2, 0.25) is 0 Å². The zero-order valence-corrected chi connectivity index (χ0v) is 9.28. The molecule has 74 valence electrons.